The van der Waals surface area contributed by atoms with Crippen molar-refractivity contribution >= 4 is 53.1 Å². The van der Waals surface area contributed by atoms with Crippen molar-refractivity contribution in [2.45, 2.75) is 12.8 Å². The van der Waals surface area contributed by atoms with Gasteiger partial charge in [0.1, 0.15) is 5.75 Å². The van der Waals surface area contributed by atoms with Gasteiger partial charge < -0.3 is 19.7 Å². The zero-order valence-electron chi connectivity index (χ0n) is 14.6. The van der Waals surface area contributed by atoms with Crippen molar-refractivity contribution < 1.29 is 9.47 Å². The Labute approximate surface area is 177 Å². The number of rotatable bonds is 7. The van der Waals surface area contributed by atoms with E-state index >= 15 is 0 Å². The second kappa shape index (κ2) is 12.0. The van der Waals surface area contributed by atoms with Gasteiger partial charge >= 0.3 is 0 Å². The number of hydrogen-bond acceptors (Lipinski definition) is 3. The maximum Gasteiger partial charge on any atom is 0.193 e. The Morgan fingerprint density at radius 3 is 2.88 bits per heavy atom. The molecule has 1 saturated heterocycles. The number of halogens is 3. The van der Waals surface area contributed by atoms with Gasteiger partial charge in [-0.3, -0.25) is 4.99 Å². The van der Waals surface area contributed by atoms with Crippen LogP contribution in [0.15, 0.2) is 23.2 Å². The first-order chi connectivity index (χ1) is 11.6. The van der Waals surface area contributed by atoms with Crippen LogP contribution in [0.4, 0.5) is 0 Å². The summed E-state index contributed by atoms with van der Waals surface area (Å²) < 4.78 is 11.1. The summed E-state index contributed by atoms with van der Waals surface area (Å²) in [5, 5.41) is 4.49. The Kier molecular flexibility index (Phi) is 10.9. The normalized spacial score (nSPS) is 17.1. The van der Waals surface area contributed by atoms with Crippen LogP contribution in [0.25, 0.3) is 0 Å². The number of hydrogen-bond donors (Lipinski definition) is 1. The van der Waals surface area contributed by atoms with Gasteiger partial charge in [-0.1, -0.05) is 23.2 Å². The van der Waals surface area contributed by atoms with Crippen LogP contribution in [-0.4, -0.2) is 57.9 Å². The van der Waals surface area contributed by atoms with Crippen LogP contribution >= 0.6 is 47.2 Å². The molecule has 0 aliphatic carbocycles. The Morgan fingerprint density at radius 2 is 2.24 bits per heavy atom. The molecule has 1 N–H and O–H groups in total. The van der Waals surface area contributed by atoms with Crippen LogP contribution in [0.1, 0.15) is 12.8 Å². The summed E-state index contributed by atoms with van der Waals surface area (Å²) >= 11 is 11.9. The van der Waals surface area contributed by atoms with Gasteiger partial charge in [0.05, 0.1) is 18.2 Å². The summed E-state index contributed by atoms with van der Waals surface area (Å²) in [6.07, 6.45) is 1.97. The van der Waals surface area contributed by atoms with Crippen LogP contribution in [0.5, 0.6) is 5.75 Å². The van der Waals surface area contributed by atoms with Gasteiger partial charge in [-0.25, -0.2) is 0 Å². The molecule has 0 saturated carbocycles. The van der Waals surface area contributed by atoms with E-state index in [0.717, 1.165) is 45.1 Å². The minimum atomic E-state index is 0. The Balaban J connectivity index is 0.00000312. The minimum Gasteiger partial charge on any atom is -0.492 e. The van der Waals surface area contributed by atoms with Gasteiger partial charge in [-0.15, -0.1) is 24.0 Å². The van der Waals surface area contributed by atoms with E-state index in [-0.39, 0.29) is 24.0 Å². The minimum absolute atomic E-state index is 0. The number of aliphatic imine (C=N–C) groups is 1. The highest BCUT2D eigenvalue weighted by Crippen LogP contribution is 2.27. The van der Waals surface area contributed by atoms with Crippen molar-refractivity contribution in [1.29, 1.82) is 0 Å². The summed E-state index contributed by atoms with van der Waals surface area (Å²) in [5.74, 6) is 2.14. The van der Waals surface area contributed by atoms with Crippen molar-refractivity contribution in [3.05, 3.63) is 28.2 Å². The number of guanidine groups is 1. The summed E-state index contributed by atoms with van der Waals surface area (Å²) in [6.45, 7) is 4.03. The molecule has 1 atom stereocenters. The van der Waals surface area contributed by atoms with E-state index in [1.165, 1.54) is 0 Å². The van der Waals surface area contributed by atoms with E-state index in [4.69, 9.17) is 32.7 Å². The third kappa shape index (κ3) is 7.76. The van der Waals surface area contributed by atoms with Crippen molar-refractivity contribution in [2.24, 2.45) is 10.9 Å². The predicted octanol–water partition coefficient (Wildman–Crippen LogP) is 3.92. The van der Waals surface area contributed by atoms with Crippen molar-refractivity contribution in [1.82, 2.24) is 10.2 Å². The molecule has 0 spiro atoms. The smallest absolute Gasteiger partial charge is 0.193 e. The van der Waals surface area contributed by atoms with E-state index in [1.807, 2.05) is 0 Å². The molecule has 0 amide bonds. The molecule has 1 heterocycles. The average molecular weight is 502 g/mol. The lowest BCUT2D eigenvalue weighted by molar-refractivity contribution is 0.181. The molecule has 0 radical (unpaired) electrons. The highest BCUT2D eigenvalue weighted by molar-refractivity contribution is 14.0. The van der Waals surface area contributed by atoms with Gasteiger partial charge in [0.25, 0.3) is 0 Å². The van der Waals surface area contributed by atoms with E-state index in [1.54, 1.807) is 25.2 Å². The molecule has 142 valence electrons. The van der Waals surface area contributed by atoms with Gasteiger partial charge in [-0.05, 0) is 31.0 Å². The molecule has 1 aromatic rings. The SMILES string of the molecule is CN=C(NCCCOc1ccc(Cl)cc1Cl)N(C)CC1CCOC1.I. The van der Waals surface area contributed by atoms with Crippen LogP contribution in [-0.2, 0) is 4.74 Å². The first kappa shape index (κ1) is 22.6. The van der Waals surface area contributed by atoms with E-state index in [0.29, 0.717) is 28.3 Å². The highest BCUT2D eigenvalue weighted by Gasteiger charge is 2.18. The molecule has 5 nitrogen and oxygen atoms in total. The molecule has 1 fully saturated rings. The monoisotopic (exact) mass is 501 g/mol. The third-order valence-corrected chi connectivity index (χ3v) is 4.42. The van der Waals surface area contributed by atoms with E-state index in [9.17, 15) is 0 Å². The van der Waals surface area contributed by atoms with E-state index < -0.39 is 0 Å². The number of benzene rings is 1. The van der Waals surface area contributed by atoms with Gasteiger partial charge in [-0.2, -0.15) is 0 Å². The molecule has 0 aromatic heterocycles. The lowest BCUT2D eigenvalue weighted by Crippen LogP contribution is -2.42. The fourth-order valence-corrected chi connectivity index (χ4v) is 3.10. The topological polar surface area (TPSA) is 46.1 Å². The molecular weight excluding hydrogens is 476 g/mol. The quantitative estimate of drug-likeness (QED) is 0.266. The van der Waals surface area contributed by atoms with Gasteiger partial charge in [0.15, 0.2) is 5.96 Å². The first-order valence-corrected chi connectivity index (χ1v) is 8.93. The molecule has 1 aliphatic rings. The molecule has 1 unspecified atom stereocenters. The molecule has 25 heavy (non-hydrogen) atoms. The maximum absolute atomic E-state index is 6.08. The first-order valence-electron chi connectivity index (χ1n) is 8.17. The summed E-state index contributed by atoms with van der Waals surface area (Å²) in [4.78, 5) is 6.47. The largest absolute Gasteiger partial charge is 0.492 e. The number of nitrogens with one attached hydrogen (secondary N) is 1. The summed E-state index contributed by atoms with van der Waals surface area (Å²) in [5.41, 5.74) is 0. The summed E-state index contributed by atoms with van der Waals surface area (Å²) in [7, 11) is 3.85. The standard InChI is InChI=1S/C17H25Cl2N3O2.HI/c1-20-17(22(2)11-13-6-9-23-12-13)21-7-3-8-24-16-5-4-14(18)10-15(16)19;/h4-5,10,13H,3,6-9,11-12H2,1-2H3,(H,20,21);1H. The van der Waals surface area contributed by atoms with Crippen molar-refractivity contribution in [3.63, 3.8) is 0 Å². The Bertz CT molecular complexity index is 555. The molecule has 0 bridgehead atoms. The summed E-state index contributed by atoms with van der Waals surface area (Å²) in [6, 6.07) is 5.24. The third-order valence-electron chi connectivity index (χ3n) is 3.89. The predicted molar refractivity (Wildman–Crippen MR) is 115 cm³/mol. The maximum atomic E-state index is 6.08. The lowest BCUT2D eigenvalue weighted by atomic mass is 10.1. The van der Waals surface area contributed by atoms with Crippen molar-refractivity contribution in [3.8, 4) is 5.75 Å². The molecule has 8 heteroatoms. The van der Waals surface area contributed by atoms with Gasteiger partial charge in [0, 0.05) is 44.7 Å². The lowest BCUT2D eigenvalue weighted by Gasteiger charge is -2.24. The molecule has 2 rings (SSSR count). The Morgan fingerprint density at radius 1 is 1.44 bits per heavy atom. The highest BCUT2D eigenvalue weighted by atomic mass is 127. The fraction of sp³-hybridized carbons (Fsp3) is 0.588. The molecular formula is C17H26Cl2IN3O2. The average Bonchev–Trinajstić information content (AvgIpc) is 3.05. The second-order valence-corrected chi connectivity index (χ2v) is 6.70. The fourth-order valence-electron chi connectivity index (χ4n) is 2.63. The van der Waals surface area contributed by atoms with Gasteiger partial charge in [0.2, 0.25) is 0 Å². The number of nitrogens with zero attached hydrogens (tertiary/aromatic N) is 2. The van der Waals surface area contributed by atoms with Crippen LogP contribution in [0, 0.1) is 5.92 Å². The van der Waals surface area contributed by atoms with Crippen LogP contribution in [0.3, 0.4) is 0 Å². The van der Waals surface area contributed by atoms with Crippen LogP contribution < -0.4 is 10.1 Å². The Hall–Kier alpha value is -0.440. The molecule has 1 aliphatic heterocycles. The zero-order valence-corrected chi connectivity index (χ0v) is 18.5. The van der Waals surface area contributed by atoms with E-state index in [2.05, 4.69) is 22.3 Å². The van der Waals surface area contributed by atoms with Crippen LogP contribution in [0.2, 0.25) is 10.0 Å². The van der Waals surface area contributed by atoms with Crippen molar-refractivity contribution in [2.75, 3.05) is 47.0 Å². The molecule has 1 aromatic carbocycles. The second-order valence-electron chi connectivity index (χ2n) is 5.86. The zero-order chi connectivity index (χ0) is 17.4. The number of ether oxygens (including phenoxy) is 2.